The fraction of sp³-hybridized carbons (Fsp3) is 0.280. The standard InChI is InChI=1S/C37H30NOSi.C13H24O2.Ir/c1-24-20-32-29-16-10-11-17-36(29)39-37(32)33(21-24)35-23-30(31-22-26(40(2,3)4)18-19-34(31)38-35)28-15-9-8-14-27(28)25-12-6-5-7-13-25;1-7-12(3,4)10(14)9-11(15)13(5,6)8-2;/h5-20,22-23H,1-4H3;9,14H,7-8H2,1-6H3;/q-1;;/b;10-9-;. The number of carbonyl (C=O) groups excluding carboxylic acids is 1. The van der Waals surface area contributed by atoms with Gasteiger partial charge in [-0.1, -0.05) is 175 Å². The zero-order valence-corrected chi connectivity index (χ0v) is 37.8. The maximum Gasteiger partial charge on any atom is 0.164 e. The van der Waals surface area contributed by atoms with Crippen LogP contribution in [0.5, 0.6) is 0 Å². The first-order valence-corrected chi connectivity index (χ1v) is 22.9. The number of furan rings is 1. The Morgan fingerprint density at radius 2 is 1.38 bits per heavy atom. The number of benzene rings is 5. The molecule has 2 aromatic heterocycles. The monoisotopic (exact) mass is 937 g/mol. The molecule has 0 spiro atoms. The third kappa shape index (κ3) is 8.84. The number of ketones is 1. The van der Waals surface area contributed by atoms with Crippen LogP contribution < -0.4 is 5.19 Å². The SMILES string of the molecule is CCC(C)(C)C(=O)/C=C(\O)C(C)(C)CC.Cc1[c-]c(-c2cc(-c3ccccc3-c3ccccc3)c3cc([Si](C)(C)C)ccc3n2)c2oc3ccccc3c2c1.[Ir]. The predicted molar refractivity (Wildman–Crippen MR) is 236 cm³/mol. The van der Waals surface area contributed by atoms with Crippen LogP contribution in [0.4, 0.5) is 0 Å². The van der Waals surface area contributed by atoms with Gasteiger partial charge in [-0.2, -0.15) is 0 Å². The summed E-state index contributed by atoms with van der Waals surface area (Å²) in [5, 5.41) is 14.7. The number of pyridine rings is 1. The number of hydrogen-bond donors (Lipinski definition) is 1. The third-order valence-corrected chi connectivity index (χ3v) is 13.2. The molecule has 0 aliphatic carbocycles. The van der Waals surface area contributed by atoms with Crippen LogP contribution in [0.2, 0.25) is 19.6 Å². The first-order chi connectivity index (χ1) is 26.0. The summed E-state index contributed by atoms with van der Waals surface area (Å²) in [7, 11) is -1.54. The molecule has 1 radical (unpaired) electrons. The molecular weight excluding hydrogens is 883 g/mol. The van der Waals surface area contributed by atoms with Crippen LogP contribution in [-0.2, 0) is 24.9 Å². The van der Waals surface area contributed by atoms with E-state index in [0.29, 0.717) is 0 Å². The maximum absolute atomic E-state index is 11.8. The summed E-state index contributed by atoms with van der Waals surface area (Å²) in [6.45, 7) is 20.9. The molecule has 5 aromatic carbocycles. The second kappa shape index (κ2) is 16.9. The summed E-state index contributed by atoms with van der Waals surface area (Å²) < 4.78 is 6.44. The zero-order chi connectivity index (χ0) is 39.7. The molecule has 0 unspecified atom stereocenters. The zero-order valence-electron chi connectivity index (χ0n) is 34.4. The Morgan fingerprint density at radius 3 is 2.04 bits per heavy atom. The number of aliphatic hydroxyl groups is 1. The average molecular weight is 937 g/mol. The molecule has 7 rings (SSSR count). The first-order valence-electron chi connectivity index (χ1n) is 19.4. The van der Waals surface area contributed by atoms with Gasteiger partial charge in [0.1, 0.15) is 11.3 Å². The first kappa shape index (κ1) is 42.5. The van der Waals surface area contributed by atoms with E-state index in [2.05, 4.69) is 130 Å². The number of hydrogen-bond acceptors (Lipinski definition) is 4. The van der Waals surface area contributed by atoms with Gasteiger partial charge in [0.05, 0.1) is 19.2 Å². The number of para-hydroxylation sites is 1. The molecule has 0 aliphatic rings. The number of fused-ring (bicyclic) bond motifs is 4. The fourth-order valence-electron chi connectivity index (χ4n) is 6.58. The van der Waals surface area contributed by atoms with Crippen LogP contribution in [0.15, 0.2) is 125 Å². The van der Waals surface area contributed by atoms with E-state index in [1.807, 2.05) is 53.7 Å². The van der Waals surface area contributed by atoms with E-state index in [1.165, 1.54) is 38.9 Å². The van der Waals surface area contributed by atoms with Crippen molar-refractivity contribution in [2.24, 2.45) is 10.8 Å². The maximum atomic E-state index is 11.8. The number of rotatable bonds is 9. The normalized spacial score (nSPS) is 12.4. The smallest absolute Gasteiger partial charge is 0.164 e. The van der Waals surface area contributed by atoms with Gasteiger partial charge in [0, 0.05) is 47.8 Å². The van der Waals surface area contributed by atoms with Crippen molar-refractivity contribution in [1.29, 1.82) is 0 Å². The Labute approximate surface area is 347 Å². The van der Waals surface area contributed by atoms with Gasteiger partial charge in [-0.15, -0.1) is 17.7 Å². The Kier molecular flexibility index (Phi) is 12.8. The van der Waals surface area contributed by atoms with Crippen molar-refractivity contribution in [1.82, 2.24) is 4.98 Å². The Bertz CT molecular complexity index is 2540. The van der Waals surface area contributed by atoms with Gasteiger partial charge in [0.15, 0.2) is 5.78 Å². The second-order valence-corrected chi connectivity index (χ2v) is 22.1. The number of aliphatic hydroxyl groups excluding tert-OH is 1. The Hall–Kier alpha value is -4.61. The molecule has 6 heteroatoms. The number of allylic oxidation sites excluding steroid dienone is 2. The number of carbonyl (C=O) groups is 1. The van der Waals surface area contributed by atoms with E-state index >= 15 is 0 Å². The van der Waals surface area contributed by atoms with Crippen LogP contribution in [0.3, 0.4) is 0 Å². The van der Waals surface area contributed by atoms with Crippen LogP contribution >= 0.6 is 0 Å². The predicted octanol–water partition coefficient (Wildman–Crippen LogP) is 13.7. The van der Waals surface area contributed by atoms with Crippen LogP contribution in [0, 0.1) is 23.8 Å². The van der Waals surface area contributed by atoms with Gasteiger partial charge in [0.2, 0.25) is 0 Å². The molecule has 0 bridgehead atoms. The third-order valence-electron chi connectivity index (χ3n) is 11.2. The summed E-state index contributed by atoms with van der Waals surface area (Å²) in [6, 6.07) is 42.4. The molecule has 0 atom stereocenters. The summed E-state index contributed by atoms with van der Waals surface area (Å²) in [5.74, 6) is 0.195. The van der Waals surface area contributed by atoms with Gasteiger partial charge in [-0.3, -0.25) is 9.78 Å². The minimum Gasteiger partial charge on any atom is -0.512 e. The molecule has 1 N–H and O–H groups in total. The van der Waals surface area contributed by atoms with Gasteiger partial charge >= 0.3 is 0 Å². The quantitative estimate of drug-likeness (QED) is 0.0678. The number of aryl methyl sites for hydroxylation is 1. The summed E-state index contributed by atoms with van der Waals surface area (Å²) >= 11 is 0. The fourth-order valence-corrected chi connectivity index (χ4v) is 7.74. The number of nitrogens with zero attached hydrogens (tertiary/aromatic N) is 1. The van der Waals surface area contributed by atoms with Crippen molar-refractivity contribution >= 4 is 51.9 Å². The van der Waals surface area contributed by atoms with E-state index < -0.39 is 8.07 Å². The second-order valence-electron chi connectivity index (χ2n) is 17.0. The summed E-state index contributed by atoms with van der Waals surface area (Å²) in [5.41, 5.74) is 9.65. The Morgan fingerprint density at radius 1 is 0.750 bits per heavy atom. The van der Waals surface area contributed by atoms with Crippen molar-refractivity contribution in [2.75, 3.05) is 0 Å². The molecule has 4 nitrogen and oxygen atoms in total. The van der Waals surface area contributed by atoms with Crippen molar-refractivity contribution in [3.05, 3.63) is 133 Å². The molecule has 2 heterocycles. The van der Waals surface area contributed by atoms with E-state index in [-0.39, 0.29) is 42.5 Å². The molecule has 7 aromatic rings. The topological polar surface area (TPSA) is 63.3 Å². The number of aromatic nitrogens is 1. The van der Waals surface area contributed by atoms with Crippen LogP contribution in [0.25, 0.3) is 66.4 Å². The van der Waals surface area contributed by atoms with Gasteiger partial charge in [0.25, 0.3) is 0 Å². The van der Waals surface area contributed by atoms with E-state index in [1.54, 1.807) is 0 Å². The van der Waals surface area contributed by atoms with E-state index in [4.69, 9.17) is 9.40 Å². The molecule has 0 aliphatic heterocycles. The molecule has 0 amide bonds. The van der Waals surface area contributed by atoms with Gasteiger partial charge < -0.3 is 9.52 Å². The minimum absolute atomic E-state index is 0. The van der Waals surface area contributed by atoms with Gasteiger partial charge in [-0.05, 0) is 52.9 Å². The molecule has 56 heavy (non-hydrogen) atoms. The summed E-state index contributed by atoms with van der Waals surface area (Å²) in [4.78, 5) is 17.1. The average Bonchev–Trinajstić information content (AvgIpc) is 3.55. The Balaban J connectivity index is 0.000000322. The van der Waals surface area contributed by atoms with E-state index in [9.17, 15) is 9.90 Å². The summed E-state index contributed by atoms with van der Waals surface area (Å²) in [6.07, 6.45) is 2.99. The minimum atomic E-state index is -1.54. The van der Waals surface area contributed by atoms with Crippen LogP contribution in [-0.4, -0.2) is 23.9 Å². The van der Waals surface area contributed by atoms with Crippen molar-refractivity contribution in [3.63, 3.8) is 0 Å². The van der Waals surface area contributed by atoms with Crippen LogP contribution in [0.1, 0.15) is 59.9 Å². The van der Waals surface area contributed by atoms with E-state index in [0.717, 1.165) is 57.1 Å². The molecule has 0 saturated heterocycles. The van der Waals surface area contributed by atoms with Crippen molar-refractivity contribution in [3.8, 4) is 33.5 Å². The molecule has 0 fully saturated rings. The van der Waals surface area contributed by atoms with Crippen molar-refractivity contribution < 1.29 is 34.4 Å². The molecular formula is C50H54IrNO3Si-. The van der Waals surface area contributed by atoms with Gasteiger partial charge in [-0.25, -0.2) is 0 Å². The molecule has 0 saturated carbocycles. The largest absolute Gasteiger partial charge is 0.512 e. The molecule has 291 valence electrons. The van der Waals surface area contributed by atoms with Crippen molar-refractivity contribution in [2.45, 2.75) is 80.9 Å².